The van der Waals surface area contributed by atoms with Gasteiger partial charge in [-0.25, -0.2) is 0 Å². The fourth-order valence-electron chi connectivity index (χ4n) is 3.81. The number of ether oxygens (including phenoxy) is 1. The number of aromatic nitrogens is 1. The lowest BCUT2D eigenvalue weighted by Crippen LogP contribution is -1.98. The van der Waals surface area contributed by atoms with Gasteiger partial charge >= 0.3 is 0 Å². The van der Waals surface area contributed by atoms with Crippen LogP contribution in [0.25, 0.3) is 22.2 Å². The number of rotatable bonds is 3. The Morgan fingerprint density at radius 2 is 1.44 bits per heavy atom. The maximum atomic E-state index is 13.4. The SMILES string of the molecule is COc1ccc2cc3n(c2c1)C(c1ccccc1)=C(c1ccccc1)C3=O. The molecule has 0 N–H and O–H groups in total. The lowest BCUT2D eigenvalue weighted by atomic mass is 9.97. The average molecular weight is 351 g/mol. The molecule has 4 aromatic rings. The van der Waals surface area contributed by atoms with Gasteiger partial charge in [-0.1, -0.05) is 60.7 Å². The molecule has 3 aromatic carbocycles. The number of fused-ring (bicyclic) bond motifs is 3. The van der Waals surface area contributed by atoms with Gasteiger partial charge in [0.15, 0.2) is 0 Å². The summed E-state index contributed by atoms with van der Waals surface area (Å²) in [4.78, 5) is 13.4. The number of carbonyl (C=O) groups excluding carboxylic acids is 1. The number of hydrogen-bond donors (Lipinski definition) is 0. The summed E-state index contributed by atoms with van der Waals surface area (Å²) in [5, 5.41) is 1.03. The first kappa shape index (κ1) is 15.6. The highest BCUT2D eigenvalue weighted by molar-refractivity contribution is 6.38. The Balaban J connectivity index is 1.88. The Bertz CT molecular complexity index is 1200. The van der Waals surface area contributed by atoms with E-state index in [0.29, 0.717) is 5.69 Å². The predicted octanol–water partition coefficient (Wildman–Crippen LogP) is 5.26. The normalized spacial score (nSPS) is 13.3. The van der Waals surface area contributed by atoms with Crippen molar-refractivity contribution in [3.05, 3.63) is 102 Å². The van der Waals surface area contributed by atoms with E-state index in [-0.39, 0.29) is 5.78 Å². The van der Waals surface area contributed by atoms with E-state index < -0.39 is 0 Å². The number of Topliss-reactive ketones (excluding diaryl/α,β-unsaturated/α-hetero) is 1. The molecule has 1 aromatic heterocycles. The summed E-state index contributed by atoms with van der Waals surface area (Å²) in [5.74, 6) is 0.826. The summed E-state index contributed by atoms with van der Waals surface area (Å²) >= 11 is 0. The molecule has 3 heteroatoms. The van der Waals surface area contributed by atoms with E-state index in [2.05, 4.69) is 4.57 Å². The van der Waals surface area contributed by atoms with E-state index in [1.165, 1.54) is 0 Å². The Morgan fingerprint density at radius 1 is 0.778 bits per heavy atom. The highest BCUT2D eigenvalue weighted by Gasteiger charge is 2.33. The van der Waals surface area contributed by atoms with Crippen LogP contribution in [-0.4, -0.2) is 17.5 Å². The van der Waals surface area contributed by atoms with Crippen LogP contribution in [0.1, 0.15) is 21.6 Å². The van der Waals surface area contributed by atoms with E-state index >= 15 is 0 Å². The Kier molecular flexibility index (Phi) is 3.47. The first-order valence-electron chi connectivity index (χ1n) is 8.87. The van der Waals surface area contributed by atoms with Gasteiger partial charge in [0.05, 0.1) is 29.6 Å². The molecule has 0 aliphatic carbocycles. The van der Waals surface area contributed by atoms with Crippen molar-refractivity contribution in [3.63, 3.8) is 0 Å². The lowest BCUT2D eigenvalue weighted by Gasteiger charge is -2.12. The zero-order valence-electron chi connectivity index (χ0n) is 14.8. The summed E-state index contributed by atoms with van der Waals surface area (Å²) in [6.07, 6.45) is 0. The lowest BCUT2D eigenvalue weighted by molar-refractivity contribution is 0.105. The quantitative estimate of drug-likeness (QED) is 0.504. The van der Waals surface area contributed by atoms with Crippen LogP contribution in [0.15, 0.2) is 84.9 Å². The number of benzene rings is 3. The largest absolute Gasteiger partial charge is 0.497 e. The second-order valence-electron chi connectivity index (χ2n) is 6.57. The van der Waals surface area contributed by atoms with Crippen LogP contribution >= 0.6 is 0 Å². The Morgan fingerprint density at radius 3 is 2.11 bits per heavy atom. The third kappa shape index (κ3) is 2.32. The van der Waals surface area contributed by atoms with Crippen molar-refractivity contribution in [3.8, 4) is 5.75 Å². The maximum Gasteiger partial charge on any atom is 0.212 e. The number of methoxy groups -OCH3 is 1. The van der Waals surface area contributed by atoms with Crippen LogP contribution in [-0.2, 0) is 0 Å². The molecule has 0 bridgehead atoms. The fraction of sp³-hybridized carbons (Fsp3) is 0.0417. The van der Waals surface area contributed by atoms with Crippen LogP contribution < -0.4 is 4.74 Å². The van der Waals surface area contributed by atoms with Crippen LogP contribution in [0.3, 0.4) is 0 Å². The first-order chi connectivity index (χ1) is 13.3. The molecule has 0 saturated heterocycles. The molecule has 0 fully saturated rings. The molecule has 0 saturated carbocycles. The van der Waals surface area contributed by atoms with E-state index in [1.54, 1.807) is 7.11 Å². The second kappa shape index (κ2) is 5.99. The minimum Gasteiger partial charge on any atom is -0.497 e. The number of allylic oxidation sites excluding steroid dienone is 1. The maximum absolute atomic E-state index is 13.4. The summed E-state index contributed by atoms with van der Waals surface area (Å²) in [6.45, 7) is 0. The van der Waals surface area contributed by atoms with Gasteiger partial charge in [0.1, 0.15) is 5.75 Å². The standard InChI is InChI=1S/C24H17NO2/c1-27-19-13-12-18-14-21-24(26)22(16-8-4-2-5-9-16)23(25(21)20(18)15-19)17-10-6-3-7-11-17/h2-15H,1H3. The number of carbonyl (C=O) groups is 1. The summed E-state index contributed by atoms with van der Waals surface area (Å²) in [5.41, 5.74) is 5.27. The number of nitrogens with zero attached hydrogens (tertiary/aromatic N) is 1. The smallest absolute Gasteiger partial charge is 0.212 e. The van der Waals surface area contributed by atoms with E-state index in [9.17, 15) is 4.79 Å². The zero-order valence-corrected chi connectivity index (χ0v) is 14.8. The van der Waals surface area contributed by atoms with Crippen LogP contribution in [0, 0.1) is 0 Å². The van der Waals surface area contributed by atoms with Crippen molar-refractivity contribution in [1.29, 1.82) is 0 Å². The minimum absolute atomic E-state index is 0.0511. The van der Waals surface area contributed by atoms with Crippen LogP contribution in [0.5, 0.6) is 5.75 Å². The van der Waals surface area contributed by atoms with Gasteiger partial charge in [0.25, 0.3) is 0 Å². The van der Waals surface area contributed by atoms with E-state index in [0.717, 1.165) is 39.0 Å². The van der Waals surface area contributed by atoms with Crippen molar-refractivity contribution in [2.75, 3.05) is 7.11 Å². The van der Waals surface area contributed by atoms with Gasteiger partial charge in [-0.05, 0) is 29.3 Å². The van der Waals surface area contributed by atoms with Gasteiger partial charge in [-0.2, -0.15) is 0 Å². The average Bonchev–Trinajstić information content (AvgIpc) is 3.24. The molecule has 0 spiro atoms. The molecule has 0 unspecified atom stereocenters. The van der Waals surface area contributed by atoms with Crippen molar-refractivity contribution in [2.45, 2.75) is 0 Å². The van der Waals surface area contributed by atoms with Crippen molar-refractivity contribution >= 4 is 28.0 Å². The molecule has 5 rings (SSSR count). The third-order valence-electron chi connectivity index (χ3n) is 5.04. The molecular formula is C24H17NO2. The molecule has 3 nitrogen and oxygen atoms in total. The van der Waals surface area contributed by atoms with Gasteiger partial charge < -0.3 is 9.30 Å². The summed E-state index contributed by atoms with van der Waals surface area (Å²) in [6, 6.07) is 27.8. The summed E-state index contributed by atoms with van der Waals surface area (Å²) < 4.78 is 7.48. The number of hydrogen-bond acceptors (Lipinski definition) is 2. The first-order valence-corrected chi connectivity index (χ1v) is 8.87. The zero-order chi connectivity index (χ0) is 18.4. The minimum atomic E-state index is 0.0511. The van der Waals surface area contributed by atoms with E-state index in [4.69, 9.17) is 4.74 Å². The van der Waals surface area contributed by atoms with Crippen LogP contribution in [0.2, 0.25) is 0 Å². The molecule has 27 heavy (non-hydrogen) atoms. The third-order valence-corrected chi connectivity index (χ3v) is 5.04. The van der Waals surface area contributed by atoms with Gasteiger partial charge in [-0.15, -0.1) is 0 Å². The second-order valence-corrected chi connectivity index (χ2v) is 6.57. The predicted molar refractivity (Wildman–Crippen MR) is 108 cm³/mol. The van der Waals surface area contributed by atoms with Crippen LogP contribution in [0.4, 0.5) is 0 Å². The molecule has 1 aliphatic rings. The topological polar surface area (TPSA) is 31.2 Å². The molecule has 2 heterocycles. The van der Waals surface area contributed by atoms with E-state index in [1.807, 2.05) is 84.9 Å². The monoisotopic (exact) mass is 351 g/mol. The molecule has 130 valence electrons. The van der Waals surface area contributed by atoms with Crippen molar-refractivity contribution in [1.82, 2.24) is 4.57 Å². The van der Waals surface area contributed by atoms with Gasteiger partial charge in [0.2, 0.25) is 5.78 Å². The van der Waals surface area contributed by atoms with Crippen molar-refractivity contribution < 1.29 is 9.53 Å². The Labute approximate surface area is 157 Å². The number of ketones is 1. The molecule has 0 amide bonds. The molecular weight excluding hydrogens is 334 g/mol. The highest BCUT2D eigenvalue weighted by Crippen LogP contribution is 2.41. The fourth-order valence-corrected chi connectivity index (χ4v) is 3.81. The molecule has 1 aliphatic heterocycles. The van der Waals surface area contributed by atoms with Gasteiger partial charge in [-0.3, -0.25) is 4.79 Å². The summed E-state index contributed by atoms with van der Waals surface area (Å²) in [7, 11) is 1.66. The molecule has 0 atom stereocenters. The Hall–Kier alpha value is -3.59. The highest BCUT2D eigenvalue weighted by atomic mass is 16.5. The molecule has 0 radical (unpaired) electrons. The van der Waals surface area contributed by atoms with Crippen molar-refractivity contribution in [2.24, 2.45) is 0 Å². The van der Waals surface area contributed by atoms with Gasteiger partial charge in [0, 0.05) is 11.5 Å².